The van der Waals surface area contributed by atoms with Crippen molar-refractivity contribution in [1.29, 1.82) is 0 Å². The number of carboxylic acid groups (broad SMARTS) is 1. The maximum atomic E-state index is 13.0. The van der Waals surface area contributed by atoms with Gasteiger partial charge in [0.2, 0.25) is 0 Å². The van der Waals surface area contributed by atoms with Crippen LogP contribution in [0.2, 0.25) is 0 Å². The predicted octanol–water partition coefficient (Wildman–Crippen LogP) is 3.60. The van der Waals surface area contributed by atoms with E-state index in [-0.39, 0.29) is 36.6 Å². The molecular formula is C26H36O6. The molecule has 0 aromatic rings. The zero-order valence-electron chi connectivity index (χ0n) is 19.1. The summed E-state index contributed by atoms with van der Waals surface area (Å²) in [6.07, 6.45) is 13.9. The number of carboxylic acids is 1. The first-order chi connectivity index (χ1) is 15.2. The van der Waals surface area contributed by atoms with Gasteiger partial charge in [-0.1, -0.05) is 12.8 Å². The summed E-state index contributed by atoms with van der Waals surface area (Å²) < 4.78 is 5.11. The number of esters is 1. The molecule has 4 fully saturated rings. The van der Waals surface area contributed by atoms with E-state index in [0.29, 0.717) is 36.0 Å². The van der Waals surface area contributed by atoms with Crippen molar-refractivity contribution in [3.8, 4) is 12.3 Å². The second kappa shape index (κ2) is 8.82. The topological polar surface area (TPSA) is 101 Å². The molecular weight excluding hydrogens is 408 g/mol. The van der Waals surface area contributed by atoms with Crippen molar-refractivity contribution in [3.05, 3.63) is 0 Å². The van der Waals surface area contributed by atoms with Gasteiger partial charge in [0.15, 0.2) is 5.78 Å². The molecule has 0 aliphatic heterocycles. The minimum atomic E-state index is -1.05. The average molecular weight is 445 g/mol. The highest BCUT2D eigenvalue weighted by atomic mass is 16.5. The second-order valence-electron chi connectivity index (χ2n) is 11.0. The number of carbonyl (C=O) groups excluding carboxylic acids is 2. The molecule has 0 aromatic carbocycles. The molecule has 0 heterocycles. The Labute approximate surface area is 190 Å². The fraction of sp³-hybridized carbons (Fsp3) is 0.808. The first-order valence-electron chi connectivity index (χ1n) is 12.3. The molecule has 0 unspecified atom stereocenters. The molecule has 4 aliphatic rings. The van der Waals surface area contributed by atoms with Crippen molar-refractivity contribution in [1.82, 2.24) is 0 Å². The molecule has 4 saturated carbocycles. The van der Waals surface area contributed by atoms with E-state index in [1.165, 1.54) is 0 Å². The summed E-state index contributed by atoms with van der Waals surface area (Å²) in [5.41, 5.74) is -0.975. The van der Waals surface area contributed by atoms with Crippen LogP contribution in [0.15, 0.2) is 0 Å². The smallest absolute Gasteiger partial charge is 0.306 e. The average Bonchev–Trinajstić information content (AvgIpc) is 3.13. The summed E-state index contributed by atoms with van der Waals surface area (Å²) in [6, 6.07) is 0. The number of carbonyl (C=O) groups is 3. The van der Waals surface area contributed by atoms with E-state index in [1.54, 1.807) is 0 Å². The molecule has 0 radical (unpaired) electrons. The molecule has 4 aliphatic carbocycles. The maximum Gasteiger partial charge on any atom is 0.306 e. The molecule has 4 rings (SSSR count). The molecule has 6 nitrogen and oxygen atoms in total. The summed E-state index contributed by atoms with van der Waals surface area (Å²) in [6.45, 7) is 2.02. The summed E-state index contributed by atoms with van der Waals surface area (Å²) in [7, 11) is 0. The van der Waals surface area contributed by atoms with Gasteiger partial charge >= 0.3 is 11.9 Å². The molecule has 0 bridgehead atoms. The fourth-order valence-corrected chi connectivity index (χ4v) is 8.07. The Bertz CT molecular complexity index is 814. The highest BCUT2D eigenvalue weighted by Crippen LogP contribution is 2.64. The third kappa shape index (κ3) is 4.21. The Balaban J connectivity index is 1.38. The van der Waals surface area contributed by atoms with E-state index in [2.05, 4.69) is 12.8 Å². The molecule has 8 atom stereocenters. The fourth-order valence-electron chi connectivity index (χ4n) is 8.07. The normalized spacial score (nSPS) is 42.7. The lowest BCUT2D eigenvalue weighted by atomic mass is 9.49. The van der Waals surface area contributed by atoms with Crippen molar-refractivity contribution in [2.24, 2.45) is 40.9 Å². The molecule has 0 amide bonds. The predicted molar refractivity (Wildman–Crippen MR) is 117 cm³/mol. The van der Waals surface area contributed by atoms with Gasteiger partial charge in [0.1, 0.15) is 12.2 Å². The van der Waals surface area contributed by atoms with Crippen LogP contribution >= 0.6 is 0 Å². The highest BCUT2D eigenvalue weighted by molar-refractivity contribution is 5.86. The van der Waals surface area contributed by atoms with Crippen LogP contribution in [0.5, 0.6) is 0 Å². The molecule has 0 saturated heterocycles. The number of hydrogen-bond acceptors (Lipinski definition) is 5. The van der Waals surface area contributed by atoms with E-state index in [4.69, 9.17) is 16.3 Å². The van der Waals surface area contributed by atoms with E-state index in [1.807, 2.05) is 0 Å². The number of aliphatic hydroxyl groups is 1. The first-order valence-corrected chi connectivity index (χ1v) is 12.3. The monoisotopic (exact) mass is 444 g/mol. The Kier molecular flexibility index (Phi) is 6.42. The van der Waals surface area contributed by atoms with Gasteiger partial charge in [-0.25, -0.2) is 0 Å². The third-order valence-electron chi connectivity index (χ3n) is 9.59. The van der Waals surface area contributed by atoms with Crippen molar-refractivity contribution < 1.29 is 29.3 Å². The quantitative estimate of drug-likeness (QED) is 0.480. The number of rotatable bonds is 6. The number of Topliss-reactive ketones (excluding diaryl/α,β-unsaturated/α-hetero) is 1. The number of ether oxygens (including phenoxy) is 1. The van der Waals surface area contributed by atoms with Crippen LogP contribution in [0, 0.1) is 53.3 Å². The minimum Gasteiger partial charge on any atom is -0.481 e. The second-order valence-corrected chi connectivity index (χ2v) is 11.0. The number of terminal acetylenes is 1. The molecule has 32 heavy (non-hydrogen) atoms. The van der Waals surface area contributed by atoms with Gasteiger partial charge in [-0.15, -0.1) is 6.42 Å². The SMILES string of the molecule is C#C[C@@]1(O)CC[C@H]2[C@H](CC[C@@H]3[C@@H]2CC[C@]2(C)[C@@H](C(=O)COC(=O)CCC(=O)O)CC[C@@H]32)C1. The third-order valence-corrected chi connectivity index (χ3v) is 9.59. The van der Waals surface area contributed by atoms with Crippen LogP contribution in [0.3, 0.4) is 0 Å². The lowest BCUT2D eigenvalue weighted by Crippen LogP contribution is -2.51. The van der Waals surface area contributed by atoms with Crippen LogP contribution in [0.1, 0.15) is 77.6 Å². The Morgan fingerprint density at radius 2 is 1.75 bits per heavy atom. The van der Waals surface area contributed by atoms with Crippen LogP contribution < -0.4 is 0 Å². The summed E-state index contributed by atoms with van der Waals surface area (Å²) in [5.74, 6) is 3.83. The van der Waals surface area contributed by atoms with Gasteiger partial charge in [-0.05, 0) is 92.8 Å². The Morgan fingerprint density at radius 1 is 1.00 bits per heavy atom. The summed E-state index contributed by atoms with van der Waals surface area (Å²) in [5, 5.41) is 19.3. The van der Waals surface area contributed by atoms with Gasteiger partial charge < -0.3 is 14.9 Å². The number of hydrogen-bond donors (Lipinski definition) is 2. The van der Waals surface area contributed by atoms with Gasteiger partial charge in [-0.2, -0.15) is 0 Å². The van der Waals surface area contributed by atoms with Crippen LogP contribution in [0.25, 0.3) is 0 Å². The number of aliphatic carboxylic acids is 1. The minimum absolute atomic E-state index is 0.0115. The lowest BCUT2D eigenvalue weighted by Gasteiger charge is -2.56. The number of fused-ring (bicyclic) bond motifs is 5. The van der Waals surface area contributed by atoms with Crippen LogP contribution in [-0.2, 0) is 19.1 Å². The maximum absolute atomic E-state index is 13.0. The molecule has 6 heteroatoms. The van der Waals surface area contributed by atoms with Crippen molar-refractivity contribution >= 4 is 17.7 Å². The molecule has 0 aromatic heterocycles. The van der Waals surface area contributed by atoms with Crippen LogP contribution in [0.4, 0.5) is 0 Å². The van der Waals surface area contributed by atoms with E-state index >= 15 is 0 Å². The van der Waals surface area contributed by atoms with E-state index in [9.17, 15) is 19.5 Å². The van der Waals surface area contributed by atoms with Gasteiger partial charge in [-0.3, -0.25) is 14.4 Å². The van der Waals surface area contributed by atoms with Crippen molar-refractivity contribution in [3.63, 3.8) is 0 Å². The number of ketones is 1. The van der Waals surface area contributed by atoms with E-state index < -0.39 is 17.5 Å². The summed E-state index contributed by atoms with van der Waals surface area (Å²) in [4.78, 5) is 35.4. The van der Waals surface area contributed by atoms with Crippen LogP contribution in [-0.4, -0.2) is 40.1 Å². The standard InChI is InChI=1S/C26H36O6/c1-3-26(31)13-11-17-16(14-26)4-5-19-18(17)10-12-25(2)20(19)6-7-21(25)22(27)15-32-24(30)9-8-23(28)29/h1,16-21,31H,4-15H2,2H3,(H,28,29)/t16-,17+,18-,19-,20+,21-,25+,26-/m1/s1. The largest absolute Gasteiger partial charge is 0.481 e. The van der Waals surface area contributed by atoms with Gasteiger partial charge in [0, 0.05) is 5.92 Å². The highest BCUT2D eigenvalue weighted by Gasteiger charge is 2.59. The Morgan fingerprint density at radius 3 is 2.47 bits per heavy atom. The molecule has 0 spiro atoms. The zero-order chi connectivity index (χ0) is 23.1. The first kappa shape index (κ1) is 23.3. The van der Waals surface area contributed by atoms with Gasteiger partial charge in [0.25, 0.3) is 0 Å². The van der Waals surface area contributed by atoms with E-state index in [0.717, 1.165) is 51.4 Å². The zero-order valence-corrected chi connectivity index (χ0v) is 19.1. The van der Waals surface area contributed by atoms with Crippen molar-refractivity contribution in [2.45, 2.75) is 83.2 Å². The molecule has 2 N–H and O–H groups in total. The van der Waals surface area contributed by atoms with Crippen molar-refractivity contribution in [2.75, 3.05) is 6.61 Å². The molecule has 176 valence electrons. The van der Waals surface area contributed by atoms with Gasteiger partial charge in [0.05, 0.1) is 12.8 Å². The lowest BCUT2D eigenvalue weighted by molar-refractivity contribution is -0.153. The summed E-state index contributed by atoms with van der Waals surface area (Å²) >= 11 is 0. The Hall–Kier alpha value is -1.87.